The van der Waals surface area contributed by atoms with Gasteiger partial charge in [0.25, 0.3) is 6.43 Å². The van der Waals surface area contributed by atoms with Crippen LogP contribution < -0.4 is 0 Å². The zero-order chi connectivity index (χ0) is 10.6. The second-order valence-corrected chi connectivity index (χ2v) is 4.29. The maximum Gasteiger partial charge on any atom is 0.255 e. The van der Waals surface area contributed by atoms with Crippen molar-refractivity contribution in [1.82, 2.24) is 4.90 Å². The van der Waals surface area contributed by atoms with E-state index in [1.165, 1.54) is 4.90 Å². The van der Waals surface area contributed by atoms with E-state index < -0.39 is 13.0 Å². The Hall–Kier alpha value is -0.190. The molecule has 0 aliphatic heterocycles. The van der Waals surface area contributed by atoms with Crippen molar-refractivity contribution < 1.29 is 13.6 Å². The van der Waals surface area contributed by atoms with Gasteiger partial charge in [0.2, 0.25) is 5.91 Å². The van der Waals surface area contributed by atoms with Crippen LogP contribution in [0.4, 0.5) is 8.78 Å². The molecule has 0 aromatic heterocycles. The summed E-state index contributed by atoms with van der Waals surface area (Å²) >= 11 is 3.16. The van der Waals surface area contributed by atoms with Gasteiger partial charge in [0.1, 0.15) is 0 Å². The van der Waals surface area contributed by atoms with Crippen LogP contribution in [0, 0.1) is 5.92 Å². The minimum atomic E-state index is -2.43. The third-order valence-electron chi connectivity index (χ3n) is 2.48. The molecule has 2 nitrogen and oxygen atoms in total. The van der Waals surface area contributed by atoms with Gasteiger partial charge in [0.15, 0.2) is 0 Å². The third-order valence-corrected chi connectivity index (χ3v) is 2.83. The fraction of sp³-hybridized carbons (Fsp3) is 0.889. The lowest BCUT2D eigenvalue weighted by molar-refractivity contribution is -0.139. The maximum atomic E-state index is 12.1. The SMILES string of the molecule is O=C(C1CCC1)N(CCBr)CC(F)F. The molecule has 0 radical (unpaired) electrons. The van der Waals surface area contributed by atoms with Gasteiger partial charge in [-0.15, -0.1) is 0 Å². The molecule has 0 saturated heterocycles. The third kappa shape index (κ3) is 3.19. The van der Waals surface area contributed by atoms with E-state index in [9.17, 15) is 13.6 Å². The highest BCUT2D eigenvalue weighted by Crippen LogP contribution is 2.28. The summed E-state index contributed by atoms with van der Waals surface area (Å²) in [5.41, 5.74) is 0. The minimum Gasteiger partial charge on any atom is -0.336 e. The van der Waals surface area contributed by atoms with Crippen molar-refractivity contribution in [1.29, 1.82) is 0 Å². The van der Waals surface area contributed by atoms with Crippen molar-refractivity contribution in [3.8, 4) is 0 Å². The molecule has 1 aliphatic carbocycles. The van der Waals surface area contributed by atoms with Crippen LogP contribution in [0.25, 0.3) is 0 Å². The molecule has 0 bridgehead atoms. The van der Waals surface area contributed by atoms with Crippen LogP contribution in [-0.2, 0) is 4.79 Å². The van der Waals surface area contributed by atoms with E-state index in [1.807, 2.05) is 0 Å². The lowest BCUT2D eigenvalue weighted by Gasteiger charge is -2.31. The summed E-state index contributed by atoms with van der Waals surface area (Å²) in [5, 5.41) is 0.554. The second-order valence-electron chi connectivity index (χ2n) is 3.49. The Balaban J connectivity index is 2.42. The Kier molecular flexibility index (Phi) is 4.78. The van der Waals surface area contributed by atoms with Crippen LogP contribution in [0.3, 0.4) is 0 Å². The van der Waals surface area contributed by atoms with E-state index in [2.05, 4.69) is 15.9 Å². The molecule has 1 rings (SSSR count). The van der Waals surface area contributed by atoms with E-state index in [1.54, 1.807) is 0 Å². The van der Waals surface area contributed by atoms with Gasteiger partial charge in [-0.05, 0) is 12.8 Å². The van der Waals surface area contributed by atoms with Gasteiger partial charge in [-0.2, -0.15) is 0 Å². The number of carbonyl (C=O) groups is 1. The Labute approximate surface area is 90.8 Å². The zero-order valence-electron chi connectivity index (χ0n) is 7.89. The van der Waals surface area contributed by atoms with Crippen molar-refractivity contribution in [2.24, 2.45) is 5.92 Å². The Bertz CT molecular complexity index is 197. The molecule has 5 heteroatoms. The number of amides is 1. The molecule has 0 atom stereocenters. The maximum absolute atomic E-state index is 12.1. The first-order valence-electron chi connectivity index (χ1n) is 4.78. The van der Waals surface area contributed by atoms with Crippen LogP contribution in [-0.4, -0.2) is 35.7 Å². The number of hydrogen-bond donors (Lipinski definition) is 0. The molecule has 0 unspecified atom stereocenters. The van der Waals surface area contributed by atoms with Crippen LogP contribution in [0.15, 0.2) is 0 Å². The molecule has 82 valence electrons. The molecule has 1 aliphatic rings. The molecular weight excluding hydrogens is 256 g/mol. The van der Waals surface area contributed by atoms with Crippen molar-refractivity contribution in [2.45, 2.75) is 25.7 Å². The quantitative estimate of drug-likeness (QED) is 0.702. The van der Waals surface area contributed by atoms with Crippen LogP contribution >= 0.6 is 15.9 Å². The highest BCUT2D eigenvalue weighted by Gasteiger charge is 2.30. The number of carbonyl (C=O) groups excluding carboxylic acids is 1. The van der Waals surface area contributed by atoms with Gasteiger partial charge in [-0.25, -0.2) is 8.78 Å². The van der Waals surface area contributed by atoms with Crippen LogP contribution in [0.5, 0.6) is 0 Å². The monoisotopic (exact) mass is 269 g/mol. The lowest BCUT2D eigenvalue weighted by atomic mass is 9.84. The summed E-state index contributed by atoms with van der Waals surface area (Å²) in [6, 6.07) is 0. The summed E-state index contributed by atoms with van der Waals surface area (Å²) < 4.78 is 24.3. The van der Waals surface area contributed by atoms with E-state index >= 15 is 0 Å². The average molecular weight is 270 g/mol. The van der Waals surface area contributed by atoms with E-state index in [0.717, 1.165) is 19.3 Å². The molecule has 0 aromatic rings. The predicted molar refractivity (Wildman–Crippen MR) is 53.7 cm³/mol. The molecule has 14 heavy (non-hydrogen) atoms. The van der Waals surface area contributed by atoms with Crippen molar-refractivity contribution in [3.63, 3.8) is 0 Å². The number of alkyl halides is 3. The number of halogens is 3. The number of nitrogens with zero attached hydrogens (tertiary/aromatic N) is 1. The fourth-order valence-electron chi connectivity index (χ4n) is 1.47. The molecule has 0 aromatic carbocycles. The smallest absolute Gasteiger partial charge is 0.255 e. The molecule has 0 heterocycles. The largest absolute Gasteiger partial charge is 0.336 e. The van der Waals surface area contributed by atoms with E-state index in [4.69, 9.17) is 0 Å². The first-order valence-corrected chi connectivity index (χ1v) is 5.90. The van der Waals surface area contributed by atoms with Crippen LogP contribution in [0.2, 0.25) is 0 Å². The molecule has 1 amide bonds. The molecule has 0 N–H and O–H groups in total. The van der Waals surface area contributed by atoms with Crippen molar-refractivity contribution >= 4 is 21.8 Å². The molecule has 0 spiro atoms. The Morgan fingerprint density at radius 1 is 1.50 bits per heavy atom. The fourth-order valence-corrected chi connectivity index (χ4v) is 1.90. The average Bonchev–Trinajstić information content (AvgIpc) is 1.99. The van der Waals surface area contributed by atoms with Crippen molar-refractivity contribution in [2.75, 3.05) is 18.4 Å². The van der Waals surface area contributed by atoms with Gasteiger partial charge < -0.3 is 4.90 Å². The highest BCUT2D eigenvalue weighted by molar-refractivity contribution is 9.09. The standard InChI is InChI=1S/C9H14BrF2NO/c10-4-5-13(6-8(11)12)9(14)7-2-1-3-7/h7-8H,1-6H2. The second kappa shape index (κ2) is 5.63. The van der Waals surface area contributed by atoms with Gasteiger partial charge >= 0.3 is 0 Å². The number of rotatable bonds is 5. The predicted octanol–water partition coefficient (Wildman–Crippen LogP) is 2.28. The molecule has 1 fully saturated rings. The summed E-state index contributed by atoms with van der Waals surface area (Å²) in [4.78, 5) is 12.9. The molecule has 1 saturated carbocycles. The van der Waals surface area contributed by atoms with Crippen molar-refractivity contribution in [3.05, 3.63) is 0 Å². The van der Waals surface area contributed by atoms with Gasteiger partial charge in [0, 0.05) is 17.8 Å². The minimum absolute atomic E-state index is 0.00722. The normalized spacial score (nSPS) is 16.9. The van der Waals surface area contributed by atoms with Gasteiger partial charge in [-0.1, -0.05) is 22.4 Å². The molecular formula is C9H14BrF2NO. The summed E-state index contributed by atoms with van der Waals surface area (Å²) in [6.07, 6.45) is 0.340. The Morgan fingerprint density at radius 2 is 2.14 bits per heavy atom. The number of hydrogen-bond acceptors (Lipinski definition) is 1. The highest BCUT2D eigenvalue weighted by atomic mass is 79.9. The summed E-state index contributed by atoms with van der Waals surface area (Å²) in [7, 11) is 0. The topological polar surface area (TPSA) is 20.3 Å². The lowest BCUT2D eigenvalue weighted by Crippen LogP contribution is -2.42. The summed E-state index contributed by atoms with van der Waals surface area (Å²) in [5.74, 6) is -0.0937. The van der Waals surface area contributed by atoms with Crippen LogP contribution in [0.1, 0.15) is 19.3 Å². The Morgan fingerprint density at radius 3 is 2.50 bits per heavy atom. The zero-order valence-corrected chi connectivity index (χ0v) is 9.47. The van der Waals surface area contributed by atoms with E-state index in [0.29, 0.717) is 11.9 Å². The summed E-state index contributed by atoms with van der Waals surface area (Å²) in [6.45, 7) is -0.0550. The van der Waals surface area contributed by atoms with E-state index in [-0.39, 0.29) is 11.8 Å². The van der Waals surface area contributed by atoms with Gasteiger partial charge in [0.05, 0.1) is 6.54 Å². The van der Waals surface area contributed by atoms with Gasteiger partial charge in [-0.3, -0.25) is 4.79 Å². The first kappa shape index (κ1) is 11.9. The first-order chi connectivity index (χ1) is 6.65.